The molecule has 0 aliphatic rings. The summed E-state index contributed by atoms with van der Waals surface area (Å²) in [5.41, 5.74) is 6.13. The fraction of sp³-hybridized carbons (Fsp3) is 0.200. The van der Waals surface area contributed by atoms with Crippen molar-refractivity contribution in [2.45, 2.75) is 0 Å². The Balaban J connectivity index is 3.23. The van der Waals surface area contributed by atoms with Crippen molar-refractivity contribution in [2.24, 2.45) is 7.05 Å². The van der Waals surface area contributed by atoms with E-state index in [1.54, 1.807) is 17.9 Å². The van der Waals surface area contributed by atoms with Gasteiger partial charge in [0.25, 0.3) is 0 Å². The number of aromatic nitrogens is 2. The summed E-state index contributed by atoms with van der Waals surface area (Å²) >= 11 is 2.13. The van der Waals surface area contributed by atoms with Crippen LogP contribution < -0.4 is 5.73 Å². The van der Waals surface area contributed by atoms with Crippen LogP contribution in [0.4, 0.5) is 5.82 Å². The van der Waals surface area contributed by atoms with Gasteiger partial charge in [0.05, 0.1) is 0 Å². The van der Waals surface area contributed by atoms with Gasteiger partial charge in [-0.05, 0) is 0 Å². The van der Waals surface area contributed by atoms with E-state index < -0.39 is 0 Å². The Labute approximate surface area is 66.8 Å². The third kappa shape index (κ3) is 1.05. The van der Waals surface area contributed by atoms with Crippen LogP contribution in [0.25, 0.3) is 0 Å². The van der Waals surface area contributed by atoms with Crippen LogP contribution in [-0.4, -0.2) is 30.2 Å². The van der Waals surface area contributed by atoms with Crippen LogP contribution in [0.3, 0.4) is 0 Å². The number of aryl methyl sites for hydroxylation is 1. The molecular weight excluding hydrogens is 195 g/mol. The SMILES string of the molecule is Cn1cnc(N)c1C(=N)[SeH]. The Kier molecular flexibility index (Phi) is 1.78. The molecule has 1 aromatic heterocycles. The van der Waals surface area contributed by atoms with Crippen LogP contribution in [-0.2, 0) is 7.05 Å². The Hall–Kier alpha value is -0.801. The molecule has 4 nitrogen and oxygen atoms in total. The summed E-state index contributed by atoms with van der Waals surface area (Å²) in [5.74, 6) is 0.410. The first-order chi connectivity index (χ1) is 4.63. The molecule has 0 radical (unpaired) electrons. The molecule has 0 saturated heterocycles. The van der Waals surface area contributed by atoms with E-state index in [0.717, 1.165) is 0 Å². The number of nitrogens with one attached hydrogen (secondary N) is 1. The second kappa shape index (κ2) is 2.44. The number of nitrogens with two attached hydrogens (primary N) is 1. The fourth-order valence-electron chi connectivity index (χ4n) is 0.737. The molecule has 0 aromatic carbocycles. The number of rotatable bonds is 1. The minimum atomic E-state index is 0.380. The van der Waals surface area contributed by atoms with Gasteiger partial charge in [-0.25, -0.2) is 0 Å². The Morgan fingerprint density at radius 2 is 2.50 bits per heavy atom. The number of hydrogen-bond acceptors (Lipinski definition) is 3. The summed E-state index contributed by atoms with van der Waals surface area (Å²) in [7, 11) is 1.81. The third-order valence-corrected chi connectivity index (χ3v) is 1.63. The van der Waals surface area contributed by atoms with Crippen LogP contribution in [0.1, 0.15) is 5.69 Å². The van der Waals surface area contributed by atoms with E-state index in [9.17, 15) is 0 Å². The van der Waals surface area contributed by atoms with E-state index in [1.165, 1.54) is 0 Å². The predicted octanol–water partition coefficient (Wildman–Crippen LogP) is -0.772. The summed E-state index contributed by atoms with van der Waals surface area (Å²) in [6.45, 7) is 0. The molecule has 0 amide bonds. The molecule has 0 bridgehead atoms. The van der Waals surface area contributed by atoms with E-state index in [2.05, 4.69) is 21.0 Å². The topological polar surface area (TPSA) is 67.7 Å². The van der Waals surface area contributed by atoms with Crippen LogP contribution >= 0.6 is 0 Å². The van der Waals surface area contributed by atoms with Gasteiger partial charge in [0.1, 0.15) is 0 Å². The quantitative estimate of drug-likeness (QED) is 0.464. The summed E-state index contributed by atoms with van der Waals surface area (Å²) in [6, 6.07) is 0. The second-order valence-electron chi connectivity index (χ2n) is 1.94. The zero-order valence-electron chi connectivity index (χ0n) is 5.50. The van der Waals surface area contributed by atoms with Crippen LogP contribution in [0.2, 0.25) is 0 Å². The van der Waals surface area contributed by atoms with Crippen molar-refractivity contribution in [2.75, 3.05) is 5.73 Å². The minimum absolute atomic E-state index is 0.380. The maximum atomic E-state index is 7.27. The van der Waals surface area contributed by atoms with E-state index in [0.29, 0.717) is 16.1 Å². The zero-order valence-corrected chi connectivity index (χ0v) is 7.37. The van der Waals surface area contributed by atoms with Crippen molar-refractivity contribution < 1.29 is 0 Å². The molecule has 0 fully saturated rings. The first kappa shape index (κ1) is 7.31. The summed E-state index contributed by atoms with van der Waals surface area (Å²) < 4.78 is 2.10. The number of anilines is 1. The van der Waals surface area contributed by atoms with Crippen molar-refractivity contribution >= 4 is 26.4 Å². The van der Waals surface area contributed by atoms with Crippen molar-refractivity contribution in [1.29, 1.82) is 5.41 Å². The maximum absolute atomic E-state index is 7.27. The normalized spacial score (nSPS) is 9.80. The van der Waals surface area contributed by atoms with Gasteiger partial charge in [0.2, 0.25) is 0 Å². The molecule has 0 aliphatic heterocycles. The van der Waals surface area contributed by atoms with Crippen molar-refractivity contribution in [3.05, 3.63) is 12.0 Å². The first-order valence-electron chi connectivity index (χ1n) is 2.67. The Morgan fingerprint density at radius 1 is 1.90 bits per heavy atom. The third-order valence-electron chi connectivity index (χ3n) is 1.19. The number of nitrogen functional groups attached to an aromatic ring is 1. The molecule has 10 heavy (non-hydrogen) atoms. The fourth-order valence-corrected chi connectivity index (χ4v) is 1.31. The van der Waals surface area contributed by atoms with E-state index >= 15 is 0 Å². The molecule has 1 aromatic rings. The molecule has 1 heterocycles. The molecule has 0 aliphatic carbocycles. The standard InChI is InChI=1S/C5H8N4Se/c1-9-2-8-4(6)3(9)5(7)10/h2H,6H2,1H3,(H2,7,10). The van der Waals surface area contributed by atoms with E-state index in [1.807, 2.05) is 0 Å². The summed E-state index contributed by atoms with van der Waals surface area (Å²) in [5, 5.41) is 7.27. The molecule has 1 rings (SSSR count). The van der Waals surface area contributed by atoms with Gasteiger partial charge in [-0.1, -0.05) is 0 Å². The summed E-state index contributed by atoms with van der Waals surface area (Å²) in [6.07, 6.45) is 1.59. The first-order valence-corrected chi connectivity index (χ1v) is 3.61. The molecule has 0 saturated carbocycles. The van der Waals surface area contributed by atoms with Crippen molar-refractivity contribution in [3.63, 3.8) is 0 Å². The average molecular weight is 203 g/mol. The van der Waals surface area contributed by atoms with Crippen molar-refractivity contribution in [3.8, 4) is 0 Å². The second-order valence-corrected chi connectivity index (χ2v) is 2.88. The number of imidazole rings is 1. The van der Waals surface area contributed by atoms with Crippen LogP contribution in [0.5, 0.6) is 0 Å². The molecule has 0 atom stereocenters. The molecule has 5 heteroatoms. The molecule has 0 spiro atoms. The monoisotopic (exact) mass is 204 g/mol. The van der Waals surface area contributed by atoms with Crippen LogP contribution in [0.15, 0.2) is 6.33 Å². The molecule has 3 N–H and O–H groups in total. The predicted molar refractivity (Wildman–Crippen MR) is 41.6 cm³/mol. The Bertz CT molecular complexity index is 245. The van der Waals surface area contributed by atoms with Crippen LogP contribution in [0, 0.1) is 5.41 Å². The average Bonchev–Trinajstić information content (AvgIpc) is 2.11. The zero-order chi connectivity index (χ0) is 7.72. The van der Waals surface area contributed by atoms with Gasteiger partial charge < -0.3 is 0 Å². The molecule has 0 unspecified atom stereocenters. The van der Waals surface area contributed by atoms with Gasteiger partial charge in [-0.15, -0.1) is 0 Å². The Morgan fingerprint density at radius 3 is 2.70 bits per heavy atom. The van der Waals surface area contributed by atoms with Gasteiger partial charge in [0.15, 0.2) is 0 Å². The van der Waals surface area contributed by atoms with Gasteiger partial charge >= 0.3 is 66.2 Å². The van der Waals surface area contributed by atoms with Gasteiger partial charge in [-0.3, -0.25) is 0 Å². The number of nitrogens with zero attached hydrogens (tertiary/aromatic N) is 2. The molecule has 54 valence electrons. The number of hydrogen-bond donors (Lipinski definition) is 2. The van der Waals surface area contributed by atoms with E-state index in [4.69, 9.17) is 11.1 Å². The van der Waals surface area contributed by atoms with Gasteiger partial charge in [-0.2, -0.15) is 0 Å². The summed E-state index contributed by atoms with van der Waals surface area (Å²) in [4.78, 5) is 3.83. The van der Waals surface area contributed by atoms with Gasteiger partial charge in [0, 0.05) is 0 Å². The molecular formula is C5H8N4Se. The van der Waals surface area contributed by atoms with Crippen molar-refractivity contribution in [1.82, 2.24) is 9.55 Å². The van der Waals surface area contributed by atoms with E-state index in [-0.39, 0.29) is 0 Å².